The van der Waals surface area contributed by atoms with Crippen LogP contribution in [0.1, 0.15) is 25.6 Å². The molecule has 3 aromatic rings. The second-order valence-corrected chi connectivity index (χ2v) is 7.27. The SMILES string of the molecule is CN/C=C(\C=N)c1cc2c(cn1)cc(-c1c(F)c(OC)cc(OC)c1F)c(=O)n2C(C)C. The number of rotatable bonds is 7. The lowest BCUT2D eigenvalue weighted by atomic mass is 10.0. The summed E-state index contributed by atoms with van der Waals surface area (Å²) in [5, 5.41) is 11.0. The number of ether oxygens (including phenoxy) is 2. The quantitative estimate of drug-likeness (QED) is 0.537. The Bertz CT molecular complexity index is 1250. The van der Waals surface area contributed by atoms with Gasteiger partial charge in [0.1, 0.15) is 0 Å². The molecule has 7 nitrogen and oxygen atoms in total. The Hall–Kier alpha value is -3.75. The molecule has 2 heterocycles. The second-order valence-electron chi connectivity index (χ2n) is 7.27. The Labute approximate surface area is 183 Å². The van der Waals surface area contributed by atoms with Crippen LogP contribution in [0.15, 0.2) is 35.4 Å². The van der Waals surface area contributed by atoms with Gasteiger partial charge in [0.2, 0.25) is 0 Å². The molecule has 0 radical (unpaired) electrons. The predicted octanol–water partition coefficient (Wildman–Crippen LogP) is 4.15. The molecular weight excluding hydrogens is 418 g/mol. The van der Waals surface area contributed by atoms with Crippen LogP contribution in [0.5, 0.6) is 11.5 Å². The molecule has 0 bridgehead atoms. The lowest BCUT2D eigenvalue weighted by Crippen LogP contribution is -2.25. The topological polar surface area (TPSA) is 89.2 Å². The van der Waals surface area contributed by atoms with Crippen LogP contribution in [0.3, 0.4) is 0 Å². The van der Waals surface area contributed by atoms with Crippen molar-refractivity contribution in [3.63, 3.8) is 0 Å². The zero-order valence-electron chi connectivity index (χ0n) is 18.4. The first-order valence-electron chi connectivity index (χ1n) is 9.82. The summed E-state index contributed by atoms with van der Waals surface area (Å²) in [5.74, 6) is -2.47. The van der Waals surface area contributed by atoms with Gasteiger partial charge in [-0.25, -0.2) is 8.78 Å². The van der Waals surface area contributed by atoms with Gasteiger partial charge in [0.15, 0.2) is 23.1 Å². The zero-order chi connectivity index (χ0) is 23.6. The summed E-state index contributed by atoms with van der Waals surface area (Å²) < 4.78 is 41.7. The third-order valence-electron chi connectivity index (χ3n) is 5.03. The molecule has 0 unspecified atom stereocenters. The van der Waals surface area contributed by atoms with Gasteiger partial charge in [-0.3, -0.25) is 9.78 Å². The fourth-order valence-electron chi connectivity index (χ4n) is 3.55. The van der Waals surface area contributed by atoms with Crippen molar-refractivity contribution in [2.24, 2.45) is 0 Å². The van der Waals surface area contributed by atoms with Gasteiger partial charge in [0, 0.05) is 48.7 Å². The Kier molecular flexibility index (Phi) is 6.57. The maximum atomic E-state index is 15.1. The lowest BCUT2D eigenvalue weighted by Gasteiger charge is -2.18. The van der Waals surface area contributed by atoms with Gasteiger partial charge in [-0.1, -0.05) is 0 Å². The smallest absolute Gasteiger partial charge is 0.259 e. The molecule has 9 heteroatoms. The summed E-state index contributed by atoms with van der Waals surface area (Å²) in [4.78, 5) is 17.8. The number of pyridine rings is 2. The van der Waals surface area contributed by atoms with Gasteiger partial charge in [-0.05, 0) is 26.0 Å². The Morgan fingerprint density at radius 1 is 1.16 bits per heavy atom. The fraction of sp³-hybridized carbons (Fsp3) is 0.261. The normalized spacial score (nSPS) is 11.7. The Morgan fingerprint density at radius 2 is 1.78 bits per heavy atom. The molecule has 0 amide bonds. The first-order valence-corrected chi connectivity index (χ1v) is 9.82. The van der Waals surface area contributed by atoms with E-state index in [4.69, 9.17) is 14.9 Å². The number of nitrogens with one attached hydrogen (secondary N) is 2. The highest BCUT2D eigenvalue weighted by Gasteiger charge is 2.25. The third kappa shape index (κ3) is 3.81. The first-order chi connectivity index (χ1) is 15.3. The van der Waals surface area contributed by atoms with Crippen molar-refractivity contribution in [1.29, 1.82) is 5.41 Å². The summed E-state index contributed by atoms with van der Waals surface area (Å²) in [6.07, 6.45) is 4.26. The van der Waals surface area contributed by atoms with Gasteiger partial charge in [-0.15, -0.1) is 0 Å². The highest BCUT2D eigenvalue weighted by molar-refractivity contribution is 6.08. The number of halogens is 2. The first kappa shape index (κ1) is 22.9. The minimum atomic E-state index is -0.995. The van der Waals surface area contributed by atoms with Crippen LogP contribution in [-0.4, -0.2) is 37.0 Å². The molecule has 32 heavy (non-hydrogen) atoms. The maximum absolute atomic E-state index is 15.1. The second kappa shape index (κ2) is 9.17. The summed E-state index contributed by atoms with van der Waals surface area (Å²) in [6.45, 7) is 3.59. The van der Waals surface area contributed by atoms with Gasteiger partial charge >= 0.3 is 0 Å². The number of methoxy groups -OCH3 is 2. The van der Waals surface area contributed by atoms with E-state index in [9.17, 15) is 4.79 Å². The summed E-state index contributed by atoms with van der Waals surface area (Å²) >= 11 is 0. The minimum Gasteiger partial charge on any atom is -0.494 e. The third-order valence-corrected chi connectivity index (χ3v) is 5.03. The number of fused-ring (bicyclic) bond motifs is 1. The lowest BCUT2D eigenvalue weighted by molar-refractivity contribution is 0.359. The molecule has 2 aromatic heterocycles. The van der Waals surface area contributed by atoms with E-state index in [2.05, 4.69) is 10.3 Å². The maximum Gasteiger partial charge on any atom is 0.259 e. The van der Waals surface area contributed by atoms with Crippen LogP contribution >= 0.6 is 0 Å². The molecule has 0 aliphatic heterocycles. The van der Waals surface area contributed by atoms with E-state index >= 15 is 8.78 Å². The van der Waals surface area contributed by atoms with Crippen LogP contribution in [0.2, 0.25) is 0 Å². The Morgan fingerprint density at radius 3 is 2.28 bits per heavy atom. The van der Waals surface area contributed by atoms with Gasteiger partial charge in [0.05, 0.1) is 36.6 Å². The van der Waals surface area contributed by atoms with Gasteiger partial charge in [-0.2, -0.15) is 0 Å². The van der Waals surface area contributed by atoms with Crippen molar-refractivity contribution >= 4 is 22.7 Å². The van der Waals surface area contributed by atoms with Crippen LogP contribution in [0.4, 0.5) is 8.78 Å². The molecule has 0 atom stereocenters. The van der Waals surface area contributed by atoms with Crippen molar-refractivity contribution in [3.8, 4) is 22.6 Å². The largest absolute Gasteiger partial charge is 0.494 e. The minimum absolute atomic E-state index is 0.175. The van der Waals surface area contributed by atoms with E-state index in [-0.39, 0.29) is 23.1 Å². The molecule has 0 fully saturated rings. The van der Waals surface area contributed by atoms with E-state index in [1.54, 1.807) is 33.2 Å². The average molecular weight is 442 g/mol. The van der Waals surface area contributed by atoms with Gasteiger partial charge < -0.3 is 24.8 Å². The molecule has 2 N–H and O–H groups in total. The molecule has 0 saturated carbocycles. The average Bonchev–Trinajstić information content (AvgIpc) is 2.77. The van der Waals surface area contributed by atoms with Crippen molar-refractivity contribution in [2.45, 2.75) is 19.9 Å². The summed E-state index contributed by atoms with van der Waals surface area (Å²) in [6, 6.07) is 3.85. The highest BCUT2D eigenvalue weighted by Crippen LogP contribution is 2.37. The van der Waals surface area contributed by atoms with Gasteiger partial charge in [0.25, 0.3) is 5.56 Å². The zero-order valence-corrected chi connectivity index (χ0v) is 18.4. The van der Waals surface area contributed by atoms with E-state index in [1.807, 2.05) is 0 Å². The van der Waals surface area contributed by atoms with Crippen molar-refractivity contribution in [2.75, 3.05) is 21.3 Å². The molecule has 0 spiro atoms. The molecular formula is C23H24F2N4O3. The molecule has 0 saturated heterocycles. The van der Waals surface area contributed by atoms with Crippen LogP contribution in [0.25, 0.3) is 27.6 Å². The van der Waals surface area contributed by atoms with E-state index in [0.29, 0.717) is 22.2 Å². The number of hydrogen-bond donors (Lipinski definition) is 2. The monoisotopic (exact) mass is 442 g/mol. The van der Waals surface area contributed by atoms with Crippen LogP contribution in [-0.2, 0) is 0 Å². The molecule has 0 aliphatic carbocycles. The fourth-order valence-corrected chi connectivity index (χ4v) is 3.55. The highest BCUT2D eigenvalue weighted by atomic mass is 19.1. The molecule has 3 rings (SSSR count). The number of allylic oxidation sites excluding steroid dienone is 1. The summed E-state index contributed by atoms with van der Waals surface area (Å²) in [7, 11) is 4.20. The number of benzene rings is 1. The van der Waals surface area contributed by atoms with E-state index in [1.165, 1.54) is 31.0 Å². The van der Waals surface area contributed by atoms with Crippen molar-refractivity contribution in [1.82, 2.24) is 14.9 Å². The van der Waals surface area contributed by atoms with Crippen LogP contribution < -0.4 is 20.3 Å². The van der Waals surface area contributed by atoms with Crippen LogP contribution in [0, 0.1) is 17.0 Å². The standard InChI is InChI=1S/C23H24F2N4O3/c1-12(2)29-17-7-16(14(9-26)10-27-3)28-11-13(17)6-15(23(29)30)20-21(24)18(31-4)8-19(32-5)22(20)25/h6-12,26-27H,1-5H3/b14-10+,26-9?. The van der Waals surface area contributed by atoms with E-state index in [0.717, 1.165) is 12.3 Å². The predicted molar refractivity (Wildman–Crippen MR) is 121 cm³/mol. The number of hydrogen-bond acceptors (Lipinski definition) is 6. The Balaban J connectivity index is 2.42. The molecule has 0 aliphatic rings. The summed E-state index contributed by atoms with van der Waals surface area (Å²) in [5.41, 5.74) is 0.234. The molecule has 168 valence electrons. The van der Waals surface area contributed by atoms with Crippen molar-refractivity contribution in [3.05, 3.63) is 58.3 Å². The number of nitrogens with zero attached hydrogens (tertiary/aromatic N) is 2. The number of aromatic nitrogens is 2. The van der Waals surface area contributed by atoms with Crippen molar-refractivity contribution < 1.29 is 18.3 Å². The van der Waals surface area contributed by atoms with E-state index < -0.39 is 22.8 Å². The molecule has 1 aromatic carbocycles.